The Hall–Kier alpha value is -5.84. The maximum Gasteiger partial charge on any atom is 0.261 e. The summed E-state index contributed by atoms with van der Waals surface area (Å²) in [4.78, 5) is 38.0. The number of amides is 2. The van der Waals surface area contributed by atoms with Crippen LogP contribution in [0, 0.1) is 11.6 Å². The normalized spacial score (nSPS) is 15.9. The van der Waals surface area contributed by atoms with Crippen molar-refractivity contribution in [3.8, 4) is 11.5 Å². The van der Waals surface area contributed by atoms with E-state index in [1.807, 2.05) is 47.7 Å². The number of carbonyl (C=O) groups excluding carboxylic acids is 2. The van der Waals surface area contributed by atoms with E-state index in [1.54, 1.807) is 46.5 Å². The van der Waals surface area contributed by atoms with E-state index in [9.17, 15) is 9.59 Å². The number of rotatable bonds is 17. The van der Waals surface area contributed by atoms with E-state index in [1.165, 1.54) is 75.8 Å². The summed E-state index contributed by atoms with van der Waals surface area (Å²) in [7, 11) is 3.76. The van der Waals surface area contributed by atoms with Gasteiger partial charge in [0, 0.05) is 122 Å². The van der Waals surface area contributed by atoms with Gasteiger partial charge in [-0.1, -0.05) is 55.8 Å². The number of hydrogen-bond acceptors (Lipinski definition) is 9. The van der Waals surface area contributed by atoms with Crippen molar-refractivity contribution >= 4 is 46.4 Å². The van der Waals surface area contributed by atoms with Crippen molar-refractivity contribution in [2.45, 2.75) is 90.6 Å². The number of unbranched alkanes of at least 4 members (excludes halogenated alkanes) is 3. The first-order chi connectivity index (χ1) is 36.9. The molecule has 0 aliphatic carbocycles. The predicted molar refractivity (Wildman–Crippen MR) is 296 cm³/mol. The molecule has 0 radical (unpaired) electrons. The third-order valence-corrected chi connectivity index (χ3v) is 15.7. The van der Waals surface area contributed by atoms with Crippen molar-refractivity contribution in [1.82, 2.24) is 34.3 Å². The lowest BCUT2D eigenvalue weighted by Gasteiger charge is -2.34. The number of nitrogens with zero attached hydrogens (tertiary/aromatic N) is 9. The monoisotopic (exact) mass is 1080 g/mol. The number of aryl methyl sites for hydroxylation is 2. The molecule has 4 aromatic carbocycles. The minimum Gasteiger partial charge on any atom is -0.493 e. The zero-order valence-corrected chi connectivity index (χ0v) is 45.7. The Morgan fingerprint density at radius 3 is 1.43 bits per heavy atom. The molecule has 0 saturated carbocycles. The Kier molecular flexibility index (Phi) is 18.8. The summed E-state index contributed by atoms with van der Waals surface area (Å²) in [5.41, 5.74) is 7.18. The number of likely N-dealkylation sites (tertiary alicyclic amines) is 1. The van der Waals surface area contributed by atoms with Crippen LogP contribution in [0.15, 0.2) is 85.2 Å². The lowest BCUT2D eigenvalue weighted by molar-refractivity contribution is 0.0973. The summed E-state index contributed by atoms with van der Waals surface area (Å²) in [5.74, 6) is -1.11. The third-order valence-electron chi connectivity index (χ3n) is 15.2. The molecular weight excluding hydrogens is 1010 g/mol. The number of anilines is 2. The molecule has 4 aliphatic heterocycles. The topological polar surface area (TPSA) is 104 Å². The van der Waals surface area contributed by atoms with Gasteiger partial charge in [-0.2, -0.15) is 10.2 Å². The second-order valence-corrected chi connectivity index (χ2v) is 21.4. The number of ether oxygens (including phenoxy) is 2. The minimum absolute atomic E-state index is 0.0122. The van der Waals surface area contributed by atoms with Crippen molar-refractivity contribution in [3.63, 3.8) is 0 Å². The van der Waals surface area contributed by atoms with Gasteiger partial charge in [-0.05, 0) is 124 Å². The molecule has 0 unspecified atom stereocenters. The number of benzene rings is 4. The van der Waals surface area contributed by atoms with E-state index in [4.69, 9.17) is 32.7 Å². The van der Waals surface area contributed by atoms with E-state index in [0.29, 0.717) is 60.7 Å². The number of fused-ring (bicyclic) bond motifs is 4. The molecule has 2 saturated heterocycles. The van der Waals surface area contributed by atoms with Gasteiger partial charge in [-0.15, -0.1) is 0 Å². The first kappa shape index (κ1) is 54.9. The maximum absolute atomic E-state index is 15.3. The molecule has 404 valence electrons. The Balaban J connectivity index is 0.000000188. The molecule has 2 fully saturated rings. The molecule has 0 N–H and O–H groups in total. The lowest BCUT2D eigenvalue weighted by atomic mass is 10.1. The van der Waals surface area contributed by atoms with Crippen LogP contribution in [-0.4, -0.2) is 118 Å². The minimum atomic E-state index is -0.589. The average Bonchev–Trinajstić information content (AvgIpc) is 3.84. The molecule has 0 spiro atoms. The van der Waals surface area contributed by atoms with Crippen LogP contribution in [0.5, 0.6) is 11.5 Å². The fourth-order valence-corrected chi connectivity index (χ4v) is 11.2. The highest BCUT2D eigenvalue weighted by atomic mass is 35.5. The van der Waals surface area contributed by atoms with Gasteiger partial charge in [-0.25, -0.2) is 8.78 Å². The smallest absolute Gasteiger partial charge is 0.261 e. The lowest BCUT2D eigenvalue weighted by Crippen LogP contribution is -2.46. The summed E-state index contributed by atoms with van der Waals surface area (Å²) >= 11 is 12.5. The van der Waals surface area contributed by atoms with Crippen molar-refractivity contribution in [1.29, 1.82) is 0 Å². The first-order valence-corrected chi connectivity index (χ1v) is 27.9. The van der Waals surface area contributed by atoms with Gasteiger partial charge in [0.15, 0.2) is 0 Å². The zero-order chi connectivity index (χ0) is 53.1. The van der Waals surface area contributed by atoms with E-state index in [0.717, 1.165) is 110 Å². The third kappa shape index (κ3) is 13.6. The molecule has 6 aromatic rings. The second kappa shape index (κ2) is 26.0. The van der Waals surface area contributed by atoms with E-state index < -0.39 is 23.4 Å². The Bertz CT molecular complexity index is 2950. The molecule has 4 aliphatic rings. The molecule has 10 rings (SSSR count). The van der Waals surface area contributed by atoms with E-state index in [-0.39, 0.29) is 11.1 Å². The van der Waals surface area contributed by atoms with Crippen LogP contribution < -0.4 is 19.3 Å². The highest BCUT2D eigenvalue weighted by Crippen LogP contribution is 2.36. The molecular formula is C59H71Cl2F2N9O4. The quantitative estimate of drug-likeness (QED) is 0.0826. The highest BCUT2D eigenvalue weighted by Gasteiger charge is 2.31. The largest absolute Gasteiger partial charge is 0.493 e. The van der Waals surface area contributed by atoms with Crippen molar-refractivity contribution in [3.05, 3.63) is 152 Å². The number of hydrogen-bond donors (Lipinski definition) is 0. The standard InChI is InChI=1S/C32H41ClFN5O2.C27H30ClFN4O2/c1-3-4-5-6-12-37-14-16-38(17-15-37)13-7-18-41-27-9-10-28(29(34)21-27)32(40)39-23-25-22-35-36(2)31(25)20-24-19-26(33)8-11-30(24)39;1-31-26-15-19-14-21(28)6-9-25(19)33(18-20(26)17-30-31)27(34)23-8-7-22(16-24(23)29)35-13-5-12-32-10-3-2-4-11-32/h8-11,19,21-22H,3-7,12-18,20,23H2,1-2H3;6-9,14,16-17H,2-5,10-13,15,18H2,1H3. The Morgan fingerprint density at radius 2 is 0.987 bits per heavy atom. The van der Waals surface area contributed by atoms with Gasteiger partial charge in [0.1, 0.15) is 23.1 Å². The number of carbonyl (C=O) groups is 2. The van der Waals surface area contributed by atoms with Gasteiger partial charge >= 0.3 is 0 Å². The number of piperidine rings is 1. The maximum atomic E-state index is 15.3. The first-order valence-electron chi connectivity index (χ1n) is 27.1. The molecule has 17 heteroatoms. The molecule has 0 atom stereocenters. The van der Waals surface area contributed by atoms with Crippen LogP contribution in [0.1, 0.15) is 119 Å². The second-order valence-electron chi connectivity index (χ2n) is 20.5. The molecule has 13 nitrogen and oxygen atoms in total. The van der Waals surface area contributed by atoms with Crippen LogP contribution in [-0.2, 0) is 40.0 Å². The highest BCUT2D eigenvalue weighted by molar-refractivity contribution is 6.31. The van der Waals surface area contributed by atoms with Crippen molar-refractivity contribution in [2.24, 2.45) is 14.1 Å². The van der Waals surface area contributed by atoms with Gasteiger partial charge in [0.25, 0.3) is 11.8 Å². The number of aromatic nitrogens is 4. The van der Waals surface area contributed by atoms with Gasteiger partial charge < -0.3 is 34.0 Å². The van der Waals surface area contributed by atoms with Gasteiger partial charge in [0.05, 0.1) is 49.8 Å². The van der Waals surface area contributed by atoms with Gasteiger partial charge in [-0.3, -0.25) is 19.0 Å². The number of piperazine rings is 1. The van der Waals surface area contributed by atoms with E-state index >= 15 is 8.78 Å². The molecule has 0 bridgehead atoms. The van der Waals surface area contributed by atoms with E-state index in [2.05, 4.69) is 31.8 Å². The number of halogens is 4. The van der Waals surface area contributed by atoms with Crippen LogP contribution in [0.4, 0.5) is 20.2 Å². The average molecular weight is 1080 g/mol. The zero-order valence-electron chi connectivity index (χ0n) is 44.2. The summed E-state index contributed by atoms with van der Waals surface area (Å²) in [6.45, 7) is 13.8. The van der Waals surface area contributed by atoms with Crippen molar-refractivity contribution in [2.75, 3.05) is 81.9 Å². The van der Waals surface area contributed by atoms with Gasteiger partial charge in [0.2, 0.25) is 0 Å². The molecule has 6 heterocycles. The van der Waals surface area contributed by atoms with Crippen LogP contribution in [0.2, 0.25) is 10.0 Å². The Morgan fingerprint density at radius 1 is 0.539 bits per heavy atom. The fourth-order valence-electron chi connectivity index (χ4n) is 10.8. The molecule has 2 amide bonds. The molecule has 76 heavy (non-hydrogen) atoms. The summed E-state index contributed by atoms with van der Waals surface area (Å²) in [6, 6.07) is 19.9. The summed E-state index contributed by atoms with van der Waals surface area (Å²) in [6.07, 6.45) is 15.6. The fraction of sp³-hybridized carbons (Fsp3) is 0.458. The van der Waals surface area contributed by atoms with Crippen LogP contribution in [0.3, 0.4) is 0 Å². The summed E-state index contributed by atoms with van der Waals surface area (Å²) in [5, 5.41) is 9.90. The van der Waals surface area contributed by atoms with Crippen molar-refractivity contribution < 1.29 is 27.8 Å². The van der Waals surface area contributed by atoms with Crippen LogP contribution in [0.25, 0.3) is 0 Å². The van der Waals surface area contributed by atoms with Crippen LogP contribution >= 0.6 is 23.2 Å². The SMILES string of the molecule is CCCCCCN1CCN(CCCOc2ccc(C(=O)N3Cc4cnn(C)c4Cc4cc(Cl)ccc43)c(F)c2)CC1.Cn1ncc2c1Cc1cc(Cl)ccc1N(C(=O)c1ccc(OCCCN3CCCCC3)cc1F)C2. The summed E-state index contributed by atoms with van der Waals surface area (Å²) < 4.78 is 45.7. The Labute approximate surface area is 456 Å². The predicted octanol–water partition coefficient (Wildman–Crippen LogP) is 11.1. The molecule has 2 aromatic heterocycles.